The van der Waals surface area contributed by atoms with Crippen molar-refractivity contribution in [3.05, 3.63) is 65.2 Å². The Labute approximate surface area is 175 Å². The summed E-state index contributed by atoms with van der Waals surface area (Å²) in [6, 6.07) is 13.1. The number of aliphatic hydroxyl groups excluding tert-OH is 1. The maximum Gasteiger partial charge on any atom is 0.295 e. The van der Waals surface area contributed by atoms with E-state index in [1.807, 2.05) is 0 Å². The fourth-order valence-corrected chi connectivity index (χ4v) is 3.55. The molecule has 1 N–H and O–H groups in total. The van der Waals surface area contributed by atoms with Gasteiger partial charge in [0.15, 0.2) is 0 Å². The Morgan fingerprint density at radius 3 is 2.33 bits per heavy atom. The van der Waals surface area contributed by atoms with Gasteiger partial charge < -0.3 is 24.2 Å². The van der Waals surface area contributed by atoms with E-state index in [4.69, 9.17) is 14.2 Å². The highest BCUT2D eigenvalue weighted by Crippen LogP contribution is 2.40. The third-order valence-electron chi connectivity index (χ3n) is 5.06. The molecular weight excluding hydrogens is 386 g/mol. The molecule has 0 aliphatic carbocycles. The second-order valence-corrected chi connectivity index (χ2v) is 6.84. The molecule has 0 aromatic heterocycles. The molecule has 1 heterocycles. The van der Waals surface area contributed by atoms with Crippen LogP contribution in [0.25, 0.3) is 5.76 Å². The minimum atomic E-state index is -0.714. The first-order valence-corrected chi connectivity index (χ1v) is 9.57. The number of rotatable bonds is 8. The van der Waals surface area contributed by atoms with Crippen LogP contribution in [-0.2, 0) is 14.3 Å². The Morgan fingerprint density at radius 1 is 1.00 bits per heavy atom. The predicted octanol–water partition coefficient (Wildman–Crippen LogP) is 3.16. The van der Waals surface area contributed by atoms with Gasteiger partial charge in [-0.1, -0.05) is 24.3 Å². The molecule has 0 radical (unpaired) electrons. The molecule has 7 heteroatoms. The number of benzene rings is 2. The molecule has 0 bridgehead atoms. The normalized spacial score (nSPS) is 18.0. The summed E-state index contributed by atoms with van der Waals surface area (Å²) in [5.74, 6) is -0.399. The van der Waals surface area contributed by atoms with Crippen LogP contribution in [0, 0.1) is 0 Å². The number of aliphatic hydroxyl groups is 1. The van der Waals surface area contributed by atoms with E-state index in [9.17, 15) is 14.7 Å². The van der Waals surface area contributed by atoms with Crippen molar-refractivity contribution in [3.63, 3.8) is 0 Å². The minimum absolute atomic E-state index is 0.0517. The zero-order valence-corrected chi connectivity index (χ0v) is 17.3. The molecule has 1 aliphatic heterocycles. The van der Waals surface area contributed by atoms with Crippen LogP contribution in [0.15, 0.2) is 54.1 Å². The summed E-state index contributed by atoms with van der Waals surface area (Å²) >= 11 is 0. The fourth-order valence-electron chi connectivity index (χ4n) is 3.55. The molecule has 1 unspecified atom stereocenters. The summed E-state index contributed by atoms with van der Waals surface area (Å²) in [6.45, 7) is 0.776. The van der Waals surface area contributed by atoms with Gasteiger partial charge in [-0.3, -0.25) is 9.59 Å². The predicted molar refractivity (Wildman–Crippen MR) is 111 cm³/mol. The van der Waals surface area contributed by atoms with Crippen LogP contribution in [0.2, 0.25) is 0 Å². The van der Waals surface area contributed by atoms with Gasteiger partial charge in [-0.25, -0.2) is 0 Å². The molecule has 1 saturated heterocycles. The highest BCUT2D eigenvalue weighted by atomic mass is 16.5. The first-order valence-electron chi connectivity index (χ1n) is 9.57. The largest absolute Gasteiger partial charge is 0.507 e. The van der Waals surface area contributed by atoms with Gasteiger partial charge in [-0.05, 0) is 36.2 Å². The number of hydrogen-bond donors (Lipinski definition) is 1. The minimum Gasteiger partial charge on any atom is -0.507 e. The van der Waals surface area contributed by atoms with E-state index in [1.165, 1.54) is 12.0 Å². The monoisotopic (exact) mass is 411 g/mol. The Hall–Kier alpha value is -3.32. The van der Waals surface area contributed by atoms with Crippen LogP contribution in [0.1, 0.15) is 23.6 Å². The number of carbonyl (C=O) groups is 2. The molecule has 1 aliphatic rings. The van der Waals surface area contributed by atoms with Crippen LogP contribution < -0.4 is 9.47 Å². The number of Topliss-reactive ketones (excluding diaryl/α,β-unsaturated/α-hetero) is 1. The Morgan fingerprint density at radius 2 is 1.70 bits per heavy atom. The van der Waals surface area contributed by atoms with Crippen molar-refractivity contribution in [2.75, 3.05) is 34.5 Å². The molecule has 1 fully saturated rings. The van der Waals surface area contributed by atoms with Crippen LogP contribution in [0.4, 0.5) is 0 Å². The number of amides is 1. The summed E-state index contributed by atoms with van der Waals surface area (Å²) in [5, 5.41) is 11.0. The lowest BCUT2D eigenvalue weighted by atomic mass is 9.95. The quantitative estimate of drug-likeness (QED) is 0.311. The van der Waals surface area contributed by atoms with Gasteiger partial charge in [0, 0.05) is 25.8 Å². The van der Waals surface area contributed by atoms with E-state index in [1.54, 1.807) is 62.8 Å². The molecule has 2 aromatic rings. The summed E-state index contributed by atoms with van der Waals surface area (Å²) in [6.07, 6.45) is 0.565. The highest BCUT2D eigenvalue weighted by molar-refractivity contribution is 6.46. The van der Waals surface area contributed by atoms with Gasteiger partial charge in [-0.2, -0.15) is 0 Å². The summed E-state index contributed by atoms with van der Waals surface area (Å²) in [5.41, 5.74) is 1.16. The molecule has 7 nitrogen and oxygen atoms in total. The SMILES string of the molecule is COCCCN1C(=O)C(=O)/C(=C(\O)c2cccc(OC)c2)C1c1ccc(OC)cc1. The van der Waals surface area contributed by atoms with E-state index < -0.39 is 17.7 Å². The summed E-state index contributed by atoms with van der Waals surface area (Å²) < 4.78 is 15.5. The van der Waals surface area contributed by atoms with Crippen LogP contribution in [0.3, 0.4) is 0 Å². The summed E-state index contributed by atoms with van der Waals surface area (Å²) in [7, 11) is 4.66. The number of likely N-dealkylation sites (tertiary alicyclic amines) is 1. The standard InChI is InChI=1S/C23H25NO6/c1-28-13-5-12-24-20(15-8-10-17(29-2)11-9-15)19(22(26)23(24)27)21(25)16-6-4-7-18(14-16)30-3/h4,6-11,14,20,25H,5,12-13H2,1-3H3/b21-19-. The van der Waals surface area contributed by atoms with Crippen molar-refractivity contribution < 1.29 is 28.9 Å². The fraction of sp³-hybridized carbons (Fsp3) is 0.304. The second-order valence-electron chi connectivity index (χ2n) is 6.84. The van der Waals surface area contributed by atoms with Gasteiger partial charge in [-0.15, -0.1) is 0 Å². The Bertz CT molecular complexity index is 950. The maximum atomic E-state index is 12.9. The van der Waals surface area contributed by atoms with Crippen LogP contribution in [-0.4, -0.2) is 56.2 Å². The number of ether oxygens (including phenoxy) is 3. The molecule has 1 amide bonds. The third kappa shape index (κ3) is 4.16. The first-order chi connectivity index (χ1) is 14.5. The van der Waals surface area contributed by atoms with Gasteiger partial charge in [0.1, 0.15) is 17.3 Å². The van der Waals surface area contributed by atoms with Crippen LogP contribution >= 0.6 is 0 Å². The van der Waals surface area contributed by atoms with E-state index in [2.05, 4.69) is 0 Å². The smallest absolute Gasteiger partial charge is 0.295 e. The number of methoxy groups -OCH3 is 3. The van der Waals surface area contributed by atoms with Crippen LogP contribution in [0.5, 0.6) is 11.5 Å². The Balaban J connectivity index is 2.11. The average Bonchev–Trinajstić information content (AvgIpc) is 3.03. The lowest BCUT2D eigenvalue weighted by molar-refractivity contribution is -0.140. The molecule has 2 aromatic carbocycles. The van der Waals surface area contributed by atoms with Gasteiger partial charge in [0.2, 0.25) is 0 Å². The third-order valence-corrected chi connectivity index (χ3v) is 5.06. The molecule has 0 saturated carbocycles. The Kier molecular flexibility index (Phi) is 6.74. The van der Waals surface area contributed by atoms with Crippen molar-refractivity contribution in [2.45, 2.75) is 12.5 Å². The summed E-state index contributed by atoms with van der Waals surface area (Å²) in [4.78, 5) is 27.2. The van der Waals surface area contributed by atoms with Crippen molar-refractivity contribution in [3.8, 4) is 11.5 Å². The zero-order valence-electron chi connectivity index (χ0n) is 17.3. The number of nitrogens with zero attached hydrogens (tertiary/aromatic N) is 1. The number of ketones is 1. The molecular formula is C23H25NO6. The highest BCUT2D eigenvalue weighted by Gasteiger charge is 2.45. The van der Waals surface area contributed by atoms with E-state index >= 15 is 0 Å². The topological polar surface area (TPSA) is 85.3 Å². The van der Waals surface area contributed by atoms with Gasteiger partial charge in [0.25, 0.3) is 11.7 Å². The van der Waals surface area contributed by atoms with Gasteiger partial charge >= 0.3 is 0 Å². The molecule has 158 valence electrons. The van der Waals surface area contributed by atoms with Crippen molar-refractivity contribution in [1.82, 2.24) is 4.90 Å². The van der Waals surface area contributed by atoms with Gasteiger partial charge in [0.05, 0.1) is 25.8 Å². The maximum absolute atomic E-state index is 12.9. The number of carbonyl (C=O) groups excluding carboxylic acids is 2. The lowest BCUT2D eigenvalue weighted by Gasteiger charge is -2.25. The number of hydrogen-bond acceptors (Lipinski definition) is 6. The van der Waals surface area contributed by atoms with E-state index in [-0.39, 0.29) is 11.3 Å². The van der Waals surface area contributed by atoms with Crippen molar-refractivity contribution in [1.29, 1.82) is 0 Å². The lowest BCUT2D eigenvalue weighted by Crippen LogP contribution is -2.31. The zero-order chi connectivity index (χ0) is 21.7. The van der Waals surface area contributed by atoms with Crippen molar-refractivity contribution >= 4 is 17.4 Å². The van der Waals surface area contributed by atoms with E-state index in [0.29, 0.717) is 42.2 Å². The van der Waals surface area contributed by atoms with E-state index in [0.717, 1.165) is 0 Å². The molecule has 3 rings (SSSR count). The average molecular weight is 411 g/mol. The molecule has 1 atom stereocenters. The molecule has 0 spiro atoms. The van der Waals surface area contributed by atoms with Crippen molar-refractivity contribution in [2.24, 2.45) is 0 Å². The molecule has 30 heavy (non-hydrogen) atoms. The second kappa shape index (κ2) is 9.45. The first kappa shape index (κ1) is 21.4.